The third kappa shape index (κ3) is 3.51. The highest BCUT2D eigenvalue weighted by Gasteiger charge is 2.45. The molecule has 0 aliphatic carbocycles. The zero-order valence-electron chi connectivity index (χ0n) is 18.8. The number of nitrogens with one attached hydrogen (secondary N) is 1. The Morgan fingerprint density at radius 1 is 0.853 bits per heavy atom. The van der Waals surface area contributed by atoms with Gasteiger partial charge in [0.1, 0.15) is 22.9 Å². The van der Waals surface area contributed by atoms with Crippen LogP contribution in [0.2, 0.25) is 0 Å². The van der Waals surface area contributed by atoms with E-state index in [9.17, 15) is 4.79 Å². The average Bonchev–Trinajstić information content (AvgIpc) is 3.43. The second-order valence-electron chi connectivity index (χ2n) is 7.72. The lowest BCUT2D eigenvalue weighted by atomic mass is 9.94. The van der Waals surface area contributed by atoms with E-state index in [1.54, 1.807) is 26.2 Å². The summed E-state index contributed by atoms with van der Waals surface area (Å²) in [5, 5.41) is 7.53. The van der Waals surface area contributed by atoms with Crippen molar-refractivity contribution in [2.24, 2.45) is 0 Å². The number of nitrogens with zero attached hydrogens (tertiary/aromatic N) is 2. The van der Waals surface area contributed by atoms with Crippen LogP contribution < -0.4 is 19.1 Å². The van der Waals surface area contributed by atoms with E-state index < -0.39 is 6.04 Å². The number of hydrogen-bond donors (Lipinski definition) is 1. The van der Waals surface area contributed by atoms with Crippen LogP contribution in [0.4, 0.5) is 5.69 Å². The van der Waals surface area contributed by atoms with Gasteiger partial charge in [-0.25, -0.2) is 0 Å². The lowest BCUT2D eigenvalue weighted by molar-refractivity contribution is 0.0988. The molecule has 0 saturated carbocycles. The van der Waals surface area contributed by atoms with Crippen molar-refractivity contribution in [1.82, 2.24) is 10.2 Å². The summed E-state index contributed by atoms with van der Waals surface area (Å²) in [6.45, 7) is 0. The molecule has 0 bridgehead atoms. The van der Waals surface area contributed by atoms with Crippen molar-refractivity contribution in [3.05, 3.63) is 88.0 Å². The molecule has 1 aliphatic rings. The van der Waals surface area contributed by atoms with Gasteiger partial charge in [-0.2, -0.15) is 5.10 Å². The van der Waals surface area contributed by atoms with Crippen LogP contribution >= 0.6 is 15.9 Å². The molecule has 1 aromatic heterocycles. The van der Waals surface area contributed by atoms with E-state index in [-0.39, 0.29) is 5.91 Å². The molecule has 4 aromatic rings. The van der Waals surface area contributed by atoms with Gasteiger partial charge in [0.2, 0.25) is 0 Å². The molecule has 0 radical (unpaired) electrons. The zero-order valence-corrected chi connectivity index (χ0v) is 20.4. The Bertz CT molecular complexity index is 1330. The molecule has 0 fully saturated rings. The molecule has 8 heteroatoms. The minimum atomic E-state index is -0.523. The smallest absolute Gasteiger partial charge is 0.277 e. The Hall–Kier alpha value is -3.78. The topological polar surface area (TPSA) is 76.7 Å². The number of carbonyl (C=O) groups is 1. The van der Waals surface area contributed by atoms with Gasteiger partial charge in [-0.15, -0.1) is 0 Å². The number of benzene rings is 3. The van der Waals surface area contributed by atoms with E-state index in [2.05, 4.69) is 26.1 Å². The number of aromatic amines is 1. The molecule has 0 spiro atoms. The molecule has 1 atom stereocenters. The third-order valence-corrected chi connectivity index (χ3v) is 6.50. The normalized spacial score (nSPS) is 14.8. The lowest BCUT2D eigenvalue weighted by Gasteiger charge is -2.28. The first-order valence-electron chi connectivity index (χ1n) is 10.6. The van der Waals surface area contributed by atoms with Crippen molar-refractivity contribution in [3.63, 3.8) is 0 Å². The minimum Gasteiger partial charge on any atom is -0.497 e. The van der Waals surface area contributed by atoms with Crippen molar-refractivity contribution >= 4 is 27.5 Å². The van der Waals surface area contributed by atoms with E-state index in [1.165, 1.54) is 0 Å². The highest BCUT2D eigenvalue weighted by atomic mass is 79.9. The first kappa shape index (κ1) is 22.0. The summed E-state index contributed by atoms with van der Waals surface area (Å²) >= 11 is 3.48. The maximum Gasteiger partial charge on any atom is 0.277 e. The van der Waals surface area contributed by atoms with Crippen molar-refractivity contribution in [1.29, 1.82) is 0 Å². The fourth-order valence-electron chi connectivity index (χ4n) is 4.41. The van der Waals surface area contributed by atoms with Gasteiger partial charge in [0.25, 0.3) is 5.91 Å². The number of methoxy groups -OCH3 is 3. The largest absolute Gasteiger partial charge is 0.497 e. The average molecular weight is 520 g/mol. The van der Waals surface area contributed by atoms with Crippen molar-refractivity contribution in [3.8, 4) is 28.5 Å². The molecule has 7 nitrogen and oxygen atoms in total. The molecule has 0 unspecified atom stereocenters. The van der Waals surface area contributed by atoms with Gasteiger partial charge < -0.3 is 14.2 Å². The number of carbonyl (C=O) groups excluding carboxylic acids is 1. The van der Waals surface area contributed by atoms with Gasteiger partial charge in [0.05, 0.1) is 38.6 Å². The summed E-state index contributed by atoms with van der Waals surface area (Å²) < 4.78 is 17.7. The van der Waals surface area contributed by atoms with Crippen molar-refractivity contribution < 1.29 is 19.0 Å². The highest BCUT2D eigenvalue weighted by Crippen LogP contribution is 2.50. The second-order valence-corrected chi connectivity index (χ2v) is 8.64. The van der Waals surface area contributed by atoms with Crippen LogP contribution in [0.25, 0.3) is 11.3 Å². The minimum absolute atomic E-state index is 0.178. The fraction of sp³-hybridized carbons (Fsp3) is 0.154. The monoisotopic (exact) mass is 519 g/mol. The molecule has 3 aromatic carbocycles. The Morgan fingerprint density at radius 2 is 1.50 bits per heavy atom. The number of fused-ring (bicyclic) bond motifs is 1. The Balaban J connectivity index is 1.77. The number of amides is 1. The van der Waals surface area contributed by atoms with Crippen molar-refractivity contribution in [2.75, 3.05) is 26.2 Å². The summed E-state index contributed by atoms with van der Waals surface area (Å²) in [6, 6.07) is 20.3. The summed E-state index contributed by atoms with van der Waals surface area (Å²) in [7, 11) is 4.85. The maximum absolute atomic E-state index is 13.8. The molecule has 1 aliphatic heterocycles. The van der Waals surface area contributed by atoms with Gasteiger partial charge in [-0.05, 0) is 60.7 Å². The van der Waals surface area contributed by atoms with Gasteiger partial charge >= 0.3 is 0 Å². The Labute approximate surface area is 205 Å². The number of rotatable bonds is 6. The molecule has 0 saturated heterocycles. The summed E-state index contributed by atoms with van der Waals surface area (Å²) in [6.07, 6.45) is 0. The maximum atomic E-state index is 13.8. The zero-order chi connectivity index (χ0) is 23.8. The fourth-order valence-corrected chi connectivity index (χ4v) is 4.67. The van der Waals surface area contributed by atoms with Crippen molar-refractivity contribution in [2.45, 2.75) is 6.04 Å². The van der Waals surface area contributed by atoms with E-state index >= 15 is 0 Å². The summed E-state index contributed by atoms with van der Waals surface area (Å²) in [5.41, 5.74) is 4.24. The predicted molar refractivity (Wildman–Crippen MR) is 133 cm³/mol. The first-order chi connectivity index (χ1) is 16.6. The van der Waals surface area contributed by atoms with Crippen LogP contribution in [0.15, 0.2) is 71.2 Å². The van der Waals surface area contributed by atoms with Crippen LogP contribution in [0.3, 0.4) is 0 Å². The van der Waals surface area contributed by atoms with Gasteiger partial charge in [-0.1, -0.05) is 22.0 Å². The number of ether oxygens (including phenoxy) is 3. The number of H-pyrrole nitrogens is 1. The Morgan fingerprint density at radius 3 is 2.09 bits per heavy atom. The van der Waals surface area contributed by atoms with E-state index in [4.69, 9.17) is 14.2 Å². The number of aromatic nitrogens is 2. The van der Waals surface area contributed by atoms with Gasteiger partial charge in [0, 0.05) is 21.3 Å². The SMILES string of the molecule is COc1ccc(-c2n[nH]c3c2[C@H](c2c(OC)cccc2OC)N(c2ccc(Br)cc2)C3=O)cc1. The molecule has 172 valence electrons. The standard InChI is InChI=1S/C26H22BrN3O4/c1-32-18-13-7-15(8-14-18)23-22-24(29-28-23)26(31)30(17-11-9-16(27)10-12-17)25(22)21-19(33-2)5-4-6-20(21)34-3/h4-14,25H,1-3H3,(H,28,29)/t25-/m0/s1. The van der Waals surface area contributed by atoms with Gasteiger partial charge in [-0.3, -0.25) is 14.8 Å². The second kappa shape index (κ2) is 8.87. The lowest BCUT2D eigenvalue weighted by Crippen LogP contribution is -2.29. The number of hydrogen-bond acceptors (Lipinski definition) is 5. The van der Waals surface area contributed by atoms with Gasteiger partial charge in [0.15, 0.2) is 0 Å². The summed E-state index contributed by atoms with van der Waals surface area (Å²) in [4.78, 5) is 15.5. The molecule has 5 rings (SSSR count). The molecule has 1 N–H and O–H groups in total. The predicted octanol–water partition coefficient (Wildman–Crippen LogP) is 5.61. The van der Waals surface area contributed by atoms with Crippen LogP contribution in [-0.4, -0.2) is 37.4 Å². The quantitative estimate of drug-likeness (QED) is 0.358. The third-order valence-electron chi connectivity index (χ3n) is 5.98. The van der Waals surface area contributed by atoms with E-state index in [1.807, 2.05) is 66.7 Å². The molecule has 1 amide bonds. The van der Waals surface area contributed by atoms with Crippen LogP contribution in [0.1, 0.15) is 27.7 Å². The molecule has 2 heterocycles. The molecule has 34 heavy (non-hydrogen) atoms. The highest BCUT2D eigenvalue weighted by molar-refractivity contribution is 9.10. The number of anilines is 1. The Kier molecular flexibility index (Phi) is 5.75. The van der Waals surface area contributed by atoms with E-state index in [0.717, 1.165) is 32.6 Å². The molecular formula is C26H22BrN3O4. The van der Waals surface area contributed by atoms with Crippen LogP contribution in [-0.2, 0) is 0 Å². The molecular weight excluding hydrogens is 498 g/mol. The number of halogens is 1. The van der Waals surface area contributed by atoms with E-state index in [0.29, 0.717) is 22.9 Å². The summed E-state index contributed by atoms with van der Waals surface area (Å²) in [5.74, 6) is 1.80. The van der Waals surface area contributed by atoms with Crippen LogP contribution in [0.5, 0.6) is 17.2 Å². The first-order valence-corrected chi connectivity index (χ1v) is 11.4. The van der Waals surface area contributed by atoms with Crippen LogP contribution in [0, 0.1) is 0 Å².